The molecule has 1 aliphatic heterocycles. The van der Waals surface area contributed by atoms with Gasteiger partial charge in [0.1, 0.15) is 12.3 Å². The van der Waals surface area contributed by atoms with Gasteiger partial charge in [-0.1, -0.05) is 34.1 Å². The van der Waals surface area contributed by atoms with Crippen molar-refractivity contribution in [2.24, 2.45) is 0 Å². The molecule has 1 amide bonds. The number of anilines is 1. The number of nitrogens with one attached hydrogen (secondary N) is 1. The Labute approximate surface area is 157 Å². The minimum absolute atomic E-state index is 0.170. The Kier molecular flexibility index (Phi) is 5.45. The first-order valence-corrected chi connectivity index (χ1v) is 9.32. The van der Waals surface area contributed by atoms with Crippen LogP contribution >= 0.6 is 15.9 Å². The molecule has 0 aliphatic carbocycles. The van der Waals surface area contributed by atoms with Crippen molar-refractivity contribution < 1.29 is 14.4 Å². The predicted molar refractivity (Wildman–Crippen MR) is 103 cm³/mol. The fourth-order valence-electron chi connectivity index (χ4n) is 3.56. The molecule has 0 aromatic heterocycles. The van der Waals surface area contributed by atoms with Crippen LogP contribution in [0.5, 0.6) is 5.75 Å². The molecule has 132 valence electrons. The number of para-hydroxylation sites is 1. The molecule has 0 saturated heterocycles. The normalized spacial score (nSPS) is 17.3. The quantitative estimate of drug-likeness (QED) is 0.831. The molecule has 25 heavy (non-hydrogen) atoms. The summed E-state index contributed by atoms with van der Waals surface area (Å²) in [5.41, 5.74) is 3.42. The SMILES string of the molecule is COc1ccc(Br)cc1C[NH+](C)CC(=O)N1c2ccccc2C[C@H]1C. The standard InChI is InChI=1S/C20H23BrN2O2/c1-14-10-15-6-4-5-7-18(15)23(14)20(24)13-22(2)12-16-11-17(21)8-9-19(16)25-3/h4-9,11,14H,10,12-13H2,1-3H3/p+1/t14-/m1/s1. The summed E-state index contributed by atoms with van der Waals surface area (Å²) in [6.07, 6.45) is 0.931. The Balaban J connectivity index is 1.70. The van der Waals surface area contributed by atoms with Gasteiger partial charge < -0.3 is 14.5 Å². The van der Waals surface area contributed by atoms with Gasteiger partial charge >= 0.3 is 0 Å². The number of likely N-dealkylation sites (N-methyl/N-ethyl adjacent to an activating group) is 1. The summed E-state index contributed by atoms with van der Waals surface area (Å²) in [6, 6.07) is 14.4. The molecule has 1 unspecified atom stereocenters. The highest BCUT2D eigenvalue weighted by molar-refractivity contribution is 9.10. The van der Waals surface area contributed by atoms with E-state index in [1.807, 2.05) is 42.3 Å². The lowest BCUT2D eigenvalue weighted by Gasteiger charge is -2.24. The van der Waals surface area contributed by atoms with Crippen LogP contribution in [0.2, 0.25) is 0 Å². The van der Waals surface area contributed by atoms with E-state index in [1.54, 1.807) is 7.11 Å². The zero-order valence-electron chi connectivity index (χ0n) is 14.9. The number of amides is 1. The first-order valence-electron chi connectivity index (χ1n) is 8.53. The highest BCUT2D eigenvalue weighted by Gasteiger charge is 2.32. The number of nitrogens with zero attached hydrogens (tertiary/aromatic N) is 1. The maximum atomic E-state index is 12.9. The van der Waals surface area contributed by atoms with Gasteiger partial charge in [-0.2, -0.15) is 0 Å². The predicted octanol–water partition coefficient (Wildman–Crippen LogP) is 2.45. The van der Waals surface area contributed by atoms with Crippen molar-refractivity contribution in [2.45, 2.75) is 25.9 Å². The van der Waals surface area contributed by atoms with E-state index in [1.165, 1.54) is 5.56 Å². The Morgan fingerprint density at radius 2 is 2.08 bits per heavy atom. The molecule has 0 saturated carbocycles. The fraction of sp³-hybridized carbons (Fsp3) is 0.350. The number of halogens is 1. The van der Waals surface area contributed by atoms with Gasteiger partial charge in [0.2, 0.25) is 0 Å². The van der Waals surface area contributed by atoms with Crippen molar-refractivity contribution in [3.8, 4) is 5.75 Å². The lowest BCUT2D eigenvalue weighted by Crippen LogP contribution is -3.09. The number of carbonyl (C=O) groups is 1. The maximum Gasteiger partial charge on any atom is 0.282 e. The molecule has 0 spiro atoms. The molecule has 0 radical (unpaired) electrons. The van der Waals surface area contributed by atoms with Crippen molar-refractivity contribution in [1.29, 1.82) is 0 Å². The van der Waals surface area contributed by atoms with Gasteiger partial charge in [0.15, 0.2) is 6.54 Å². The van der Waals surface area contributed by atoms with Gasteiger partial charge in [-0.15, -0.1) is 0 Å². The molecule has 0 fully saturated rings. The first kappa shape index (κ1) is 18.0. The summed E-state index contributed by atoms with van der Waals surface area (Å²) < 4.78 is 6.46. The van der Waals surface area contributed by atoms with Gasteiger partial charge in [-0.3, -0.25) is 4.79 Å². The van der Waals surface area contributed by atoms with Gasteiger partial charge in [-0.05, 0) is 43.2 Å². The smallest absolute Gasteiger partial charge is 0.282 e. The van der Waals surface area contributed by atoms with Crippen molar-refractivity contribution >= 4 is 27.5 Å². The molecule has 1 aliphatic rings. The lowest BCUT2D eigenvalue weighted by molar-refractivity contribution is -0.885. The number of benzene rings is 2. The minimum Gasteiger partial charge on any atom is -0.496 e. The molecule has 4 nitrogen and oxygen atoms in total. The first-order chi connectivity index (χ1) is 12.0. The molecule has 3 rings (SSSR count). The third-order valence-electron chi connectivity index (χ3n) is 4.66. The number of rotatable bonds is 5. The molecule has 0 bridgehead atoms. The van der Waals surface area contributed by atoms with Crippen LogP contribution in [0.15, 0.2) is 46.9 Å². The Bertz CT molecular complexity index is 778. The van der Waals surface area contributed by atoms with Crippen LogP contribution in [0.4, 0.5) is 5.69 Å². The van der Waals surface area contributed by atoms with Crippen LogP contribution in [0, 0.1) is 0 Å². The summed E-state index contributed by atoms with van der Waals surface area (Å²) in [5.74, 6) is 1.03. The van der Waals surface area contributed by atoms with E-state index in [4.69, 9.17) is 4.74 Å². The Morgan fingerprint density at radius 1 is 1.32 bits per heavy atom. The molecular weight excluding hydrogens is 380 g/mol. The second kappa shape index (κ2) is 7.58. The van der Waals surface area contributed by atoms with Gasteiger partial charge in [0, 0.05) is 21.8 Å². The highest BCUT2D eigenvalue weighted by Crippen LogP contribution is 2.31. The van der Waals surface area contributed by atoms with Gasteiger partial charge in [0.05, 0.1) is 14.2 Å². The van der Waals surface area contributed by atoms with E-state index in [-0.39, 0.29) is 11.9 Å². The van der Waals surface area contributed by atoms with E-state index in [0.717, 1.165) is 39.3 Å². The van der Waals surface area contributed by atoms with Gasteiger partial charge in [-0.25, -0.2) is 0 Å². The molecule has 1 heterocycles. The van der Waals surface area contributed by atoms with Crippen molar-refractivity contribution in [3.63, 3.8) is 0 Å². The largest absolute Gasteiger partial charge is 0.496 e. The van der Waals surface area contributed by atoms with E-state index in [0.29, 0.717) is 6.54 Å². The van der Waals surface area contributed by atoms with Crippen molar-refractivity contribution in [1.82, 2.24) is 0 Å². The molecule has 2 aromatic rings. The summed E-state index contributed by atoms with van der Waals surface area (Å²) in [7, 11) is 3.72. The summed E-state index contributed by atoms with van der Waals surface area (Å²) in [5, 5.41) is 0. The zero-order chi connectivity index (χ0) is 18.0. The van der Waals surface area contributed by atoms with E-state index < -0.39 is 0 Å². The van der Waals surface area contributed by atoms with Crippen molar-refractivity contribution in [3.05, 3.63) is 58.1 Å². The van der Waals surface area contributed by atoms with E-state index >= 15 is 0 Å². The van der Waals surface area contributed by atoms with Crippen LogP contribution in [-0.4, -0.2) is 32.7 Å². The van der Waals surface area contributed by atoms with Crippen LogP contribution < -0.4 is 14.5 Å². The number of fused-ring (bicyclic) bond motifs is 1. The maximum absolute atomic E-state index is 12.9. The topological polar surface area (TPSA) is 34.0 Å². The molecule has 2 atom stereocenters. The van der Waals surface area contributed by atoms with Crippen LogP contribution in [-0.2, 0) is 17.8 Å². The van der Waals surface area contributed by atoms with Gasteiger partial charge in [0.25, 0.3) is 5.91 Å². The van der Waals surface area contributed by atoms with Crippen molar-refractivity contribution in [2.75, 3.05) is 25.6 Å². The third kappa shape index (κ3) is 3.88. The second-order valence-corrected chi connectivity index (χ2v) is 7.63. The van der Waals surface area contributed by atoms with E-state index in [9.17, 15) is 4.79 Å². The number of quaternary nitrogens is 1. The number of hydrogen-bond donors (Lipinski definition) is 1. The Hall–Kier alpha value is -1.85. The van der Waals surface area contributed by atoms with Crippen LogP contribution in [0.25, 0.3) is 0 Å². The van der Waals surface area contributed by atoms with Crippen LogP contribution in [0.3, 0.4) is 0 Å². The van der Waals surface area contributed by atoms with E-state index in [2.05, 4.69) is 35.0 Å². The monoisotopic (exact) mass is 403 g/mol. The molecular formula is C20H24BrN2O2+. The number of ether oxygens (including phenoxy) is 1. The number of carbonyl (C=O) groups excluding carboxylic acids is 1. The molecule has 5 heteroatoms. The highest BCUT2D eigenvalue weighted by atomic mass is 79.9. The minimum atomic E-state index is 0.170. The summed E-state index contributed by atoms with van der Waals surface area (Å²) in [4.78, 5) is 16.0. The molecule has 1 N–H and O–H groups in total. The lowest BCUT2D eigenvalue weighted by atomic mass is 10.1. The second-order valence-electron chi connectivity index (χ2n) is 6.71. The fourth-order valence-corrected chi connectivity index (χ4v) is 3.97. The average Bonchev–Trinajstić information content (AvgIpc) is 2.90. The zero-order valence-corrected chi connectivity index (χ0v) is 16.5. The number of methoxy groups -OCH3 is 1. The third-order valence-corrected chi connectivity index (χ3v) is 5.16. The summed E-state index contributed by atoms with van der Waals surface area (Å²) >= 11 is 3.51. The Morgan fingerprint density at radius 3 is 2.84 bits per heavy atom. The average molecular weight is 404 g/mol. The number of hydrogen-bond acceptors (Lipinski definition) is 2. The summed E-state index contributed by atoms with van der Waals surface area (Å²) in [6.45, 7) is 3.30. The van der Waals surface area contributed by atoms with Crippen LogP contribution in [0.1, 0.15) is 18.1 Å². The molecule has 2 aromatic carbocycles.